The molecule has 0 spiro atoms. The van der Waals surface area contributed by atoms with Gasteiger partial charge >= 0.3 is 0 Å². The molecule has 1 aliphatic heterocycles. The average molecular weight is 502 g/mol. The second kappa shape index (κ2) is 9.78. The summed E-state index contributed by atoms with van der Waals surface area (Å²) in [6.45, 7) is -0.306. The van der Waals surface area contributed by atoms with E-state index in [4.69, 9.17) is 4.74 Å². The van der Waals surface area contributed by atoms with Crippen molar-refractivity contribution >= 4 is 0 Å². The number of para-hydroxylation sites is 1. The number of hydrogen-bond acceptors (Lipinski definition) is 8. The summed E-state index contributed by atoms with van der Waals surface area (Å²) < 4.78 is 49.4. The van der Waals surface area contributed by atoms with Crippen LogP contribution in [0.2, 0.25) is 0 Å². The van der Waals surface area contributed by atoms with Crippen LogP contribution < -0.4 is 0 Å². The van der Waals surface area contributed by atoms with Crippen LogP contribution in [0.15, 0.2) is 55.0 Å². The van der Waals surface area contributed by atoms with Gasteiger partial charge < -0.3 is 20.1 Å². The Balaban J connectivity index is 1.52. The molecule has 2 aromatic carbocycles. The number of aliphatic hydroxyl groups excluding tert-OH is 3. The van der Waals surface area contributed by atoms with Gasteiger partial charge in [-0.05, 0) is 30.7 Å². The molecule has 13 heteroatoms. The van der Waals surface area contributed by atoms with Crippen molar-refractivity contribution in [1.82, 2.24) is 29.8 Å². The van der Waals surface area contributed by atoms with Crippen LogP contribution in [0.1, 0.15) is 24.4 Å². The van der Waals surface area contributed by atoms with Crippen molar-refractivity contribution in [2.75, 3.05) is 6.61 Å². The van der Waals surface area contributed by atoms with Crippen LogP contribution in [-0.2, 0) is 4.74 Å². The molecule has 3 heterocycles. The number of ether oxygens (including phenoxy) is 1. The van der Waals surface area contributed by atoms with Gasteiger partial charge in [0.25, 0.3) is 0 Å². The smallest absolute Gasteiger partial charge is 0.194 e. The van der Waals surface area contributed by atoms with E-state index in [1.807, 2.05) is 6.07 Å². The van der Waals surface area contributed by atoms with E-state index < -0.39 is 47.9 Å². The van der Waals surface area contributed by atoms with Crippen LogP contribution in [0.3, 0.4) is 0 Å². The predicted molar refractivity (Wildman–Crippen MR) is 117 cm³/mol. The first-order valence-electron chi connectivity index (χ1n) is 11.0. The lowest BCUT2D eigenvalue weighted by Crippen LogP contribution is -2.52. The highest BCUT2D eigenvalue weighted by atomic mass is 19.2. The Morgan fingerprint density at radius 2 is 1.72 bits per heavy atom. The van der Waals surface area contributed by atoms with Gasteiger partial charge in [-0.3, -0.25) is 0 Å². The molecule has 1 saturated heterocycles. The normalized spacial score (nSPS) is 24.2. The van der Waals surface area contributed by atoms with Gasteiger partial charge in [0.1, 0.15) is 36.4 Å². The summed E-state index contributed by atoms with van der Waals surface area (Å²) >= 11 is 0. The molecular formula is C23H21F3N6O4. The first-order valence-corrected chi connectivity index (χ1v) is 11.0. The molecule has 0 unspecified atom stereocenters. The zero-order chi connectivity index (χ0) is 25.4. The zero-order valence-corrected chi connectivity index (χ0v) is 18.6. The quantitative estimate of drug-likeness (QED) is 0.340. The van der Waals surface area contributed by atoms with Crippen LogP contribution >= 0.6 is 0 Å². The van der Waals surface area contributed by atoms with Crippen molar-refractivity contribution in [3.05, 3.63) is 78.3 Å². The predicted octanol–water partition coefficient (Wildman–Crippen LogP) is 1.73. The van der Waals surface area contributed by atoms with E-state index in [0.717, 1.165) is 16.8 Å². The molecule has 3 N–H and O–H groups in total. The van der Waals surface area contributed by atoms with Crippen molar-refractivity contribution in [2.45, 2.75) is 36.9 Å². The topological polar surface area (TPSA) is 131 Å². The fourth-order valence-corrected chi connectivity index (χ4v) is 4.31. The highest BCUT2D eigenvalue weighted by Crippen LogP contribution is 2.39. The van der Waals surface area contributed by atoms with E-state index in [2.05, 4.69) is 20.4 Å². The summed E-state index contributed by atoms with van der Waals surface area (Å²) in [6, 6.07) is 9.41. The average Bonchev–Trinajstić information content (AvgIpc) is 3.55. The summed E-state index contributed by atoms with van der Waals surface area (Å²) in [5, 5.41) is 43.8. The van der Waals surface area contributed by atoms with Crippen LogP contribution in [0.5, 0.6) is 0 Å². The fourth-order valence-electron chi connectivity index (χ4n) is 4.31. The lowest BCUT2D eigenvalue weighted by molar-refractivity contribution is -0.205. The van der Waals surface area contributed by atoms with Gasteiger partial charge in [0.2, 0.25) is 0 Å². The highest BCUT2D eigenvalue weighted by Gasteiger charge is 2.48. The maximum Gasteiger partial charge on any atom is 0.194 e. The van der Waals surface area contributed by atoms with E-state index >= 15 is 0 Å². The van der Waals surface area contributed by atoms with Gasteiger partial charge in [-0.2, -0.15) is 5.10 Å². The first-order chi connectivity index (χ1) is 17.4. The summed E-state index contributed by atoms with van der Waals surface area (Å²) in [5.74, 6) is -4.15. The lowest BCUT2D eigenvalue weighted by atomic mass is 9.90. The summed E-state index contributed by atoms with van der Waals surface area (Å²) in [6.07, 6.45) is -2.18. The molecule has 0 bridgehead atoms. The Kier molecular flexibility index (Phi) is 6.53. The molecule has 4 aromatic rings. The summed E-state index contributed by atoms with van der Waals surface area (Å²) in [7, 11) is 0. The third-order valence-electron chi connectivity index (χ3n) is 6.05. The van der Waals surface area contributed by atoms with Crippen molar-refractivity contribution in [2.24, 2.45) is 0 Å². The number of nitrogens with zero attached hydrogens (tertiary/aromatic N) is 6. The van der Waals surface area contributed by atoms with Crippen LogP contribution in [0, 0.1) is 17.5 Å². The Morgan fingerprint density at radius 3 is 2.42 bits per heavy atom. The van der Waals surface area contributed by atoms with Crippen molar-refractivity contribution < 1.29 is 33.2 Å². The molecule has 36 heavy (non-hydrogen) atoms. The molecule has 188 valence electrons. The highest BCUT2D eigenvalue weighted by molar-refractivity contribution is 5.58. The third-order valence-corrected chi connectivity index (χ3v) is 6.05. The van der Waals surface area contributed by atoms with Gasteiger partial charge in [0.05, 0.1) is 18.0 Å². The van der Waals surface area contributed by atoms with Gasteiger partial charge in [-0.25, -0.2) is 27.5 Å². The molecule has 10 nitrogen and oxygen atoms in total. The lowest BCUT2D eigenvalue weighted by Gasteiger charge is -2.42. The molecular weight excluding hydrogens is 481 g/mol. The molecule has 5 rings (SSSR count). The minimum atomic E-state index is -1.61. The van der Waals surface area contributed by atoms with Crippen molar-refractivity contribution in [1.29, 1.82) is 0 Å². The van der Waals surface area contributed by atoms with E-state index in [1.165, 1.54) is 17.2 Å². The van der Waals surface area contributed by atoms with E-state index in [-0.39, 0.29) is 30.1 Å². The van der Waals surface area contributed by atoms with E-state index in [9.17, 15) is 28.5 Å². The Labute approximate surface area is 202 Å². The Morgan fingerprint density at radius 1 is 1.00 bits per heavy atom. The Bertz CT molecular complexity index is 1330. The van der Waals surface area contributed by atoms with Crippen LogP contribution in [0.25, 0.3) is 16.9 Å². The molecule has 0 radical (unpaired) electrons. The van der Waals surface area contributed by atoms with Crippen LogP contribution in [-0.4, -0.2) is 70.0 Å². The third kappa shape index (κ3) is 4.26. The standard InChI is InChI=1S/C23H21F3N6O4/c24-14-8-12(9-15(25)18(14)26)16-10-31(30-29-16)19-20(34)17(6-7-33)36-22(21(19)35)23-27-11-28-32(23)13-4-2-1-3-5-13/h1-5,8-11,17,19-22,33-35H,6-7H2/t17-,19+,20+,21-,22-/m1/s1. The number of halogens is 3. The van der Waals surface area contributed by atoms with Gasteiger partial charge in [-0.1, -0.05) is 23.4 Å². The number of hydrogen-bond donors (Lipinski definition) is 3. The summed E-state index contributed by atoms with van der Waals surface area (Å²) in [4.78, 5) is 4.25. The molecule has 0 amide bonds. The molecule has 1 fully saturated rings. The largest absolute Gasteiger partial charge is 0.396 e. The number of aliphatic hydroxyl groups is 3. The molecule has 1 aliphatic rings. The zero-order valence-electron chi connectivity index (χ0n) is 18.6. The number of rotatable bonds is 6. The SMILES string of the molecule is OCC[C@H]1O[C@@H](c2ncnn2-c2ccccc2)[C@H](O)[C@@H](n2cc(-c3cc(F)c(F)c(F)c3)nn2)[C@H]1O. The maximum absolute atomic E-state index is 13.7. The molecule has 5 atom stereocenters. The molecule has 2 aromatic heterocycles. The van der Waals surface area contributed by atoms with Crippen LogP contribution in [0.4, 0.5) is 13.2 Å². The minimum Gasteiger partial charge on any atom is -0.396 e. The van der Waals surface area contributed by atoms with Crippen molar-refractivity contribution in [3.8, 4) is 16.9 Å². The van der Waals surface area contributed by atoms with Crippen molar-refractivity contribution in [3.63, 3.8) is 0 Å². The molecule has 0 saturated carbocycles. The second-order valence-corrected chi connectivity index (χ2v) is 8.28. The fraction of sp³-hybridized carbons (Fsp3) is 0.304. The number of aromatic nitrogens is 6. The Hall–Kier alpha value is -3.65. The van der Waals surface area contributed by atoms with Gasteiger partial charge in [-0.15, -0.1) is 5.10 Å². The summed E-state index contributed by atoms with van der Waals surface area (Å²) in [5.41, 5.74) is 0.563. The van der Waals surface area contributed by atoms with Gasteiger partial charge in [0, 0.05) is 12.2 Å². The minimum absolute atomic E-state index is 0.0126. The monoisotopic (exact) mass is 502 g/mol. The maximum atomic E-state index is 13.7. The number of benzene rings is 2. The van der Waals surface area contributed by atoms with Gasteiger partial charge in [0.15, 0.2) is 23.3 Å². The first kappa shape index (κ1) is 24.1. The van der Waals surface area contributed by atoms with E-state index in [0.29, 0.717) is 5.69 Å². The second-order valence-electron chi connectivity index (χ2n) is 8.28. The molecule has 0 aliphatic carbocycles. The van der Waals surface area contributed by atoms with E-state index in [1.54, 1.807) is 24.3 Å².